The Kier molecular flexibility index (Phi) is 4.16. The van der Waals surface area contributed by atoms with Crippen LogP contribution < -0.4 is 21.1 Å². The number of amides is 2. The molecule has 2 aromatic heterocycles. The number of hydrogen-bond donors (Lipinski definition) is 3. The molecule has 10 nitrogen and oxygen atoms in total. The maximum Gasteiger partial charge on any atom is 0.279 e. The third-order valence-corrected chi connectivity index (χ3v) is 3.47. The molecule has 0 saturated carbocycles. The van der Waals surface area contributed by atoms with E-state index in [-0.39, 0.29) is 22.9 Å². The van der Waals surface area contributed by atoms with Crippen molar-refractivity contribution in [3.63, 3.8) is 0 Å². The van der Waals surface area contributed by atoms with Crippen molar-refractivity contribution >= 4 is 29.0 Å². The summed E-state index contributed by atoms with van der Waals surface area (Å²) in [6.45, 7) is 0. The number of anilines is 2. The number of methoxy groups -OCH3 is 1. The average molecular weight is 341 g/mol. The number of nitrogens with one attached hydrogen (secondary N) is 2. The van der Waals surface area contributed by atoms with Crippen molar-refractivity contribution in [2.45, 2.75) is 0 Å². The van der Waals surface area contributed by atoms with Crippen molar-refractivity contribution in [1.82, 2.24) is 24.9 Å². The summed E-state index contributed by atoms with van der Waals surface area (Å²) in [5.74, 6) is -0.356. The van der Waals surface area contributed by atoms with Crippen molar-refractivity contribution in [2.24, 2.45) is 0 Å². The Morgan fingerprint density at radius 1 is 1.20 bits per heavy atom. The summed E-state index contributed by atoms with van der Waals surface area (Å²) in [6, 6.07) is 6.84. The lowest BCUT2D eigenvalue weighted by Crippen LogP contribution is -2.21. The van der Waals surface area contributed by atoms with Crippen LogP contribution >= 0.6 is 0 Å². The molecule has 0 fully saturated rings. The van der Waals surface area contributed by atoms with Crippen molar-refractivity contribution < 1.29 is 14.3 Å². The Hall–Kier alpha value is -3.69. The number of fused-ring (bicyclic) bond motifs is 1. The predicted octanol–water partition coefficient (Wildman–Crippen LogP) is 0.327. The second kappa shape index (κ2) is 6.43. The van der Waals surface area contributed by atoms with Gasteiger partial charge in [0.05, 0.1) is 7.11 Å². The molecule has 0 bridgehead atoms. The monoisotopic (exact) mass is 341 g/mol. The van der Waals surface area contributed by atoms with Crippen LogP contribution in [0.1, 0.15) is 21.0 Å². The normalized spacial score (nSPS) is 10.5. The minimum Gasteiger partial charge on any atom is -0.497 e. The Labute approximate surface area is 142 Å². The summed E-state index contributed by atoms with van der Waals surface area (Å²) in [7, 11) is 3.00. The van der Waals surface area contributed by atoms with E-state index in [4.69, 9.17) is 10.5 Å². The first kappa shape index (κ1) is 16.2. The van der Waals surface area contributed by atoms with E-state index in [1.54, 1.807) is 24.3 Å². The number of carbonyl (C=O) groups is 2. The van der Waals surface area contributed by atoms with E-state index in [9.17, 15) is 9.59 Å². The number of aromatic nitrogens is 4. The van der Waals surface area contributed by atoms with Crippen molar-refractivity contribution in [3.05, 3.63) is 42.0 Å². The Bertz CT molecular complexity index is 967. The maximum atomic E-state index is 12.4. The first-order chi connectivity index (χ1) is 12.0. The summed E-state index contributed by atoms with van der Waals surface area (Å²) >= 11 is 0. The number of nitrogen functional groups attached to an aromatic ring is 1. The van der Waals surface area contributed by atoms with E-state index in [0.717, 1.165) is 0 Å². The average Bonchev–Trinajstić information content (AvgIpc) is 3.06. The minimum atomic E-state index is -0.546. The van der Waals surface area contributed by atoms with Crippen LogP contribution in [0, 0.1) is 0 Å². The number of benzene rings is 1. The van der Waals surface area contributed by atoms with Gasteiger partial charge in [-0.1, -0.05) is 6.07 Å². The fourth-order valence-electron chi connectivity index (χ4n) is 2.21. The molecule has 1 aromatic carbocycles. The number of imidazole rings is 1. The molecule has 128 valence electrons. The molecule has 0 radical (unpaired) electrons. The summed E-state index contributed by atoms with van der Waals surface area (Å²) in [6.07, 6.45) is 1.31. The lowest BCUT2D eigenvalue weighted by molar-refractivity contribution is 0.0959. The first-order valence-corrected chi connectivity index (χ1v) is 7.22. The first-order valence-electron chi connectivity index (χ1n) is 7.22. The molecule has 25 heavy (non-hydrogen) atoms. The van der Waals surface area contributed by atoms with Crippen LogP contribution in [0.25, 0.3) is 5.65 Å². The highest BCUT2D eigenvalue weighted by atomic mass is 16.5. The quantitative estimate of drug-likeness (QED) is 0.622. The molecular formula is C15H15N7O3. The molecule has 0 spiro atoms. The van der Waals surface area contributed by atoms with Gasteiger partial charge in [0.25, 0.3) is 11.8 Å². The molecule has 0 aliphatic rings. The summed E-state index contributed by atoms with van der Waals surface area (Å²) in [5, 5.41) is 12.8. The van der Waals surface area contributed by atoms with Gasteiger partial charge >= 0.3 is 0 Å². The number of hydrogen-bond acceptors (Lipinski definition) is 7. The molecule has 10 heteroatoms. The summed E-state index contributed by atoms with van der Waals surface area (Å²) < 4.78 is 6.44. The number of nitrogens with zero attached hydrogens (tertiary/aromatic N) is 4. The molecule has 3 rings (SSSR count). The van der Waals surface area contributed by atoms with Gasteiger partial charge in [0, 0.05) is 18.8 Å². The second-order valence-electron chi connectivity index (χ2n) is 4.99. The highest BCUT2D eigenvalue weighted by molar-refractivity contribution is 6.06. The smallest absolute Gasteiger partial charge is 0.279 e. The van der Waals surface area contributed by atoms with Crippen LogP contribution in [0.15, 0.2) is 30.6 Å². The van der Waals surface area contributed by atoms with Crippen LogP contribution in [-0.4, -0.2) is 45.6 Å². The Morgan fingerprint density at radius 3 is 2.72 bits per heavy atom. The van der Waals surface area contributed by atoms with E-state index in [1.807, 2.05) is 0 Å². The fraction of sp³-hybridized carbons (Fsp3) is 0.133. The molecule has 0 aliphatic heterocycles. The van der Waals surface area contributed by atoms with Crippen molar-refractivity contribution in [3.8, 4) is 5.75 Å². The second-order valence-corrected chi connectivity index (χ2v) is 4.99. The maximum absolute atomic E-state index is 12.4. The molecule has 0 unspecified atom stereocenters. The molecule has 2 amide bonds. The van der Waals surface area contributed by atoms with Gasteiger partial charge in [-0.25, -0.2) is 4.98 Å². The minimum absolute atomic E-state index is 0.0213. The summed E-state index contributed by atoms with van der Waals surface area (Å²) in [4.78, 5) is 28.1. The zero-order valence-corrected chi connectivity index (χ0v) is 13.5. The van der Waals surface area contributed by atoms with Gasteiger partial charge in [0.1, 0.15) is 17.9 Å². The molecule has 2 heterocycles. The molecule has 0 aliphatic carbocycles. The number of nitrogens with two attached hydrogens (primary N) is 1. The van der Waals surface area contributed by atoms with Crippen LogP contribution in [0.4, 0.5) is 11.5 Å². The van der Waals surface area contributed by atoms with Gasteiger partial charge in [-0.2, -0.15) is 0 Å². The molecular weight excluding hydrogens is 326 g/mol. The van der Waals surface area contributed by atoms with Crippen LogP contribution in [0.3, 0.4) is 0 Å². The number of ether oxygens (including phenoxy) is 1. The van der Waals surface area contributed by atoms with E-state index in [0.29, 0.717) is 11.4 Å². The number of rotatable bonds is 4. The van der Waals surface area contributed by atoms with E-state index in [1.165, 1.54) is 24.9 Å². The standard InChI is InChI=1S/C15H15N7O3/c1-17-14(23)11-13-21-20-10(12(16)22(13)7-18-11)15(24)19-8-4-3-5-9(6-8)25-2/h3-7H,16H2,1-2H3,(H,17,23)(H,19,24). The van der Waals surface area contributed by atoms with Gasteiger partial charge in [-0.3, -0.25) is 14.0 Å². The van der Waals surface area contributed by atoms with E-state index >= 15 is 0 Å². The Balaban J connectivity index is 1.94. The third kappa shape index (κ3) is 2.92. The summed E-state index contributed by atoms with van der Waals surface area (Å²) in [5.41, 5.74) is 6.65. The number of carbonyl (C=O) groups excluding carboxylic acids is 2. The molecule has 0 saturated heterocycles. The van der Waals surface area contributed by atoms with Gasteiger partial charge in [-0.15, -0.1) is 10.2 Å². The molecule has 4 N–H and O–H groups in total. The van der Waals surface area contributed by atoms with Gasteiger partial charge in [-0.05, 0) is 12.1 Å². The predicted molar refractivity (Wildman–Crippen MR) is 89.5 cm³/mol. The largest absolute Gasteiger partial charge is 0.497 e. The highest BCUT2D eigenvalue weighted by Gasteiger charge is 2.20. The highest BCUT2D eigenvalue weighted by Crippen LogP contribution is 2.19. The SMILES string of the molecule is CNC(=O)c1ncn2c(N)c(C(=O)Nc3cccc(OC)c3)nnc12. The van der Waals surface area contributed by atoms with Crippen LogP contribution in [-0.2, 0) is 0 Å². The van der Waals surface area contributed by atoms with E-state index < -0.39 is 11.8 Å². The van der Waals surface area contributed by atoms with Crippen molar-refractivity contribution in [2.75, 3.05) is 25.2 Å². The van der Waals surface area contributed by atoms with Gasteiger partial charge < -0.3 is 21.1 Å². The lowest BCUT2D eigenvalue weighted by atomic mass is 10.3. The van der Waals surface area contributed by atoms with E-state index in [2.05, 4.69) is 25.8 Å². The zero-order chi connectivity index (χ0) is 18.0. The fourth-order valence-corrected chi connectivity index (χ4v) is 2.21. The van der Waals surface area contributed by atoms with Crippen molar-refractivity contribution in [1.29, 1.82) is 0 Å². The third-order valence-electron chi connectivity index (χ3n) is 3.47. The molecule has 3 aromatic rings. The van der Waals surface area contributed by atoms with Gasteiger partial charge in [0.2, 0.25) is 0 Å². The Morgan fingerprint density at radius 2 is 2.00 bits per heavy atom. The zero-order valence-electron chi connectivity index (χ0n) is 13.5. The van der Waals surface area contributed by atoms with Gasteiger partial charge in [0.15, 0.2) is 17.0 Å². The lowest BCUT2D eigenvalue weighted by Gasteiger charge is -2.08. The molecule has 0 atom stereocenters. The van der Waals surface area contributed by atoms with Crippen LogP contribution in [0.5, 0.6) is 5.75 Å². The topological polar surface area (TPSA) is 137 Å². The van der Waals surface area contributed by atoms with Crippen LogP contribution in [0.2, 0.25) is 0 Å².